The fourth-order valence-corrected chi connectivity index (χ4v) is 5.17. The maximum absolute atomic E-state index is 13.6. The van der Waals surface area contributed by atoms with E-state index < -0.39 is 5.25 Å². The van der Waals surface area contributed by atoms with Crippen LogP contribution in [0.1, 0.15) is 24.5 Å². The lowest BCUT2D eigenvalue weighted by atomic mass is 10.0. The van der Waals surface area contributed by atoms with Crippen LogP contribution in [0.3, 0.4) is 0 Å². The molecule has 1 aliphatic heterocycles. The van der Waals surface area contributed by atoms with Crippen LogP contribution in [0.4, 0.5) is 5.69 Å². The maximum Gasteiger partial charge on any atom is 0.238 e. The smallest absolute Gasteiger partial charge is 0.238 e. The number of carbonyl (C=O) groups excluding carboxylic acids is 2. The third-order valence-electron chi connectivity index (χ3n) is 5.82. The van der Waals surface area contributed by atoms with Gasteiger partial charge < -0.3 is 15.0 Å². The summed E-state index contributed by atoms with van der Waals surface area (Å²) in [6.45, 7) is 2.54. The van der Waals surface area contributed by atoms with Crippen molar-refractivity contribution < 1.29 is 14.3 Å². The quantitative estimate of drug-likeness (QED) is 0.505. The number of anilines is 1. The van der Waals surface area contributed by atoms with Gasteiger partial charge in [-0.25, -0.2) is 0 Å². The molecule has 0 spiro atoms. The van der Waals surface area contributed by atoms with Gasteiger partial charge in [-0.3, -0.25) is 9.59 Å². The van der Waals surface area contributed by atoms with Gasteiger partial charge in [-0.1, -0.05) is 60.7 Å². The molecule has 0 saturated carbocycles. The minimum atomic E-state index is -0.455. The Morgan fingerprint density at radius 3 is 2.52 bits per heavy atom. The molecule has 6 heteroatoms. The van der Waals surface area contributed by atoms with Crippen molar-refractivity contribution in [3.05, 3.63) is 90.0 Å². The SMILES string of the molecule is COc1ccccc1CC(C)N(Cc1ccccc1)C(=O)CC1Sc2ccccc2NC1=O. The summed E-state index contributed by atoms with van der Waals surface area (Å²) in [4.78, 5) is 29.1. The number of hydrogen-bond acceptors (Lipinski definition) is 4. The summed E-state index contributed by atoms with van der Waals surface area (Å²) in [6, 6.07) is 25.5. The van der Waals surface area contributed by atoms with Crippen LogP contribution >= 0.6 is 11.8 Å². The number of para-hydroxylation sites is 2. The van der Waals surface area contributed by atoms with Crippen LogP contribution in [0.5, 0.6) is 5.75 Å². The summed E-state index contributed by atoms with van der Waals surface area (Å²) in [5.41, 5.74) is 2.92. The molecule has 0 bridgehead atoms. The molecular weight excluding hydrogens is 432 g/mol. The monoisotopic (exact) mass is 460 g/mol. The third kappa shape index (κ3) is 5.57. The Morgan fingerprint density at radius 1 is 1.03 bits per heavy atom. The van der Waals surface area contributed by atoms with Crippen molar-refractivity contribution in [2.45, 2.75) is 42.5 Å². The van der Waals surface area contributed by atoms with E-state index in [1.54, 1.807) is 7.11 Å². The Labute approximate surface area is 199 Å². The summed E-state index contributed by atoms with van der Waals surface area (Å²) < 4.78 is 5.51. The fourth-order valence-electron chi connectivity index (χ4n) is 4.07. The van der Waals surface area contributed by atoms with Crippen molar-refractivity contribution >= 4 is 29.3 Å². The van der Waals surface area contributed by atoms with Gasteiger partial charge in [-0.05, 0) is 42.7 Å². The average molecular weight is 461 g/mol. The molecule has 2 atom stereocenters. The second-order valence-corrected chi connectivity index (χ2v) is 9.41. The van der Waals surface area contributed by atoms with Gasteiger partial charge in [0.15, 0.2) is 0 Å². The predicted molar refractivity (Wildman–Crippen MR) is 132 cm³/mol. The molecule has 4 rings (SSSR count). The predicted octanol–water partition coefficient (Wildman–Crippen LogP) is 5.16. The third-order valence-corrected chi connectivity index (χ3v) is 7.10. The average Bonchev–Trinajstić information content (AvgIpc) is 2.84. The summed E-state index contributed by atoms with van der Waals surface area (Å²) >= 11 is 1.46. The van der Waals surface area contributed by atoms with Crippen molar-refractivity contribution in [3.63, 3.8) is 0 Å². The molecule has 3 aromatic carbocycles. The number of nitrogens with one attached hydrogen (secondary N) is 1. The van der Waals surface area contributed by atoms with Crippen molar-refractivity contribution in [2.24, 2.45) is 0 Å². The molecule has 0 radical (unpaired) electrons. The molecule has 1 aliphatic rings. The number of carbonyl (C=O) groups is 2. The Bertz CT molecular complexity index is 1120. The highest BCUT2D eigenvalue weighted by Crippen LogP contribution is 2.37. The van der Waals surface area contributed by atoms with E-state index in [1.807, 2.05) is 83.8 Å². The molecule has 0 saturated heterocycles. The standard InChI is InChI=1S/C27H28N2O3S/c1-19(16-21-12-6-8-14-23(21)32-2)29(18-20-10-4-3-5-11-20)26(30)17-25-27(31)28-22-13-7-9-15-24(22)33-25/h3-15,19,25H,16-18H2,1-2H3,(H,28,31). The first kappa shape index (κ1) is 22.9. The molecule has 2 unspecified atom stereocenters. The van der Waals surface area contributed by atoms with E-state index in [0.29, 0.717) is 13.0 Å². The maximum atomic E-state index is 13.6. The van der Waals surface area contributed by atoms with Crippen molar-refractivity contribution in [1.29, 1.82) is 0 Å². The first-order valence-electron chi connectivity index (χ1n) is 11.1. The van der Waals surface area contributed by atoms with Crippen molar-refractivity contribution in [2.75, 3.05) is 12.4 Å². The molecule has 0 aliphatic carbocycles. The van der Waals surface area contributed by atoms with Gasteiger partial charge in [0.2, 0.25) is 11.8 Å². The van der Waals surface area contributed by atoms with E-state index in [2.05, 4.69) is 12.2 Å². The lowest BCUT2D eigenvalue weighted by Crippen LogP contribution is -2.42. The summed E-state index contributed by atoms with van der Waals surface area (Å²) in [5, 5.41) is 2.49. The van der Waals surface area contributed by atoms with Gasteiger partial charge in [0.25, 0.3) is 0 Å². The number of hydrogen-bond donors (Lipinski definition) is 1. The second-order valence-electron chi connectivity index (χ2n) is 8.17. The summed E-state index contributed by atoms with van der Waals surface area (Å²) in [6.07, 6.45) is 0.809. The summed E-state index contributed by atoms with van der Waals surface area (Å²) in [7, 11) is 1.66. The number of ether oxygens (including phenoxy) is 1. The van der Waals surface area contributed by atoms with Gasteiger partial charge in [-0.15, -0.1) is 11.8 Å². The van der Waals surface area contributed by atoms with Crippen molar-refractivity contribution in [3.8, 4) is 5.75 Å². The van der Waals surface area contributed by atoms with E-state index in [-0.39, 0.29) is 24.3 Å². The van der Waals surface area contributed by atoms with Crippen LogP contribution in [0.25, 0.3) is 0 Å². The number of methoxy groups -OCH3 is 1. The molecule has 170 valence electrons. The van der Waals surface area contributed by atoms with Gasteiger partial charge in [0.05, 0.1) is 18.0 Å². The van der Waals surface area contributed by atoms with Gasteiger partial charge in [-0.2, -0.15) is 0 Å². The lowest BCUT2D eigenvalue weighted by molar-refractivity contribution is -0.135. The van der Waals surface area contributed by atoms with Crippen LogP contribution in [0.2, 0.25) is 0 Å². The fraction of sp³-hybridized carbons (Fsp3) is 0.259. The molecule has 33 heavy (non-hydrogen) atoms. The molecule has 1 N–H and O–H groups in total. The summed E-state index contributed by atoms with van der Waals surface area (Å²) in [5.74, 6) is 0.660. The molecule has 0 aromatic heterocycles. The first-order valence-corrected chi connectivity index (χ1v) is 11.9. The van der Waals surface area contributed by atoms with Crippen LogP contribution in [-0.2, 0) is 22.6 Å². The number of fused-ring (bicyclic) bond motifs is 1. The molecule has 2 amide bonds. The van der Waals surface area contributed by atoms with E-state index in [4.69, 9.17) is 4.74 Å². The highest BCUT2D eigenvalue weighted by Gasteiger charge is 2.32. The van der Waals surface area contributed by atoms with E-state index in [9.17, 15) is 9.59 Å². The first-order chi connectivity index (χ1) is 16.0. The zero-order chi connectivity index (χ0) is 23.2. The zero-order valence-corrected chi connectivity index (χ0v) is 19.7. The Morgan fingerprint density at radius 2 is 1.73 bits per heavy atom. The zero-order valence-electron chi connectivity index (χ0n) is 18.9. The van der Waals surface area contributed by atoms with Crippen LogP contribution in [0, 0.1) is 0 Å². The van der Waals surface area contributed by atoms with E-state index in [0.717, 1.165) is 27.5 Å². The van der Waals surface area contributed by atoms with Gasteiger partial charge in [0.1, 0.15) is 5.75 Å². The van der Waals surface area contributed by atoms with Crippen LogP contribution < -0.4 is 10.1 Å². The topological polar surface area (TPSA) is 58.6 Å². The number of nitrogens with zero attached hydrogens (tertiary/aromatic N) is 1. The second kappa shape index (κ2) is 10.6. The van der Waals surface area contributed by atoms with Crippen LogP contribution in [0.15, 0.2) is 83.8 Å². The molecule has 5 nitrogen and oxygen atoms in total. The normalized spacial score (nSPS) is 15.8. The molecular formula is C27H28N2O3S. The van der Waals surface area contributed by atoms with E-state index >= 15 is 0 Å². The van der Waals surface area contributed by atoms with Crippen LogP contribution in [-0.4, -0.2) is 35.1 Å². The van der Waals surface area contributed by atoms with Gasteiger partial charge >= 0.3 is 0 Å². The minimum Gasteiger partial charge on any atom is -0.496 e. The highest BCUT2D eigenvalue weighted by molar-refractivity contribution is 8.01. The van der Waals surface area contributed by atoms with Gasteiger partial charge in [0, 0.05) is 23.9 Å². The van der Waals surface area contributed by atoms with Crippen molar-refractivity contribution in [1.82, 2.24) is 4.90 Å². The number of amides is 2. The molecule has 3 aromatic rings. The number of rotatable bonds is 8. The lowest BCUT2D eigenvalue weighted by Gasteiger charge is -2.32. The number of thioether (sulfide) groups is 1. The Balaban J connectivity index is 1.53. The minimum absolute atomic E-state index is 0.0340. The number of benzene rings is 3. The largest absolute Gasteiger partial charge is 0.496 e. The molecule has 0 fully saturated rings. The highest BCUT2D eigenvalue weighted by atomic mass is 32.2. The molecule has 1 heterocycles. The Kier molecular flexibility index (Phi) is 7.35. The van der Waals surface area contributed by atoms with E-state index in [1.165, 1.54) is 11.8 Å². The Hall–Kier alpha value is -3.25.